The smallest absolute Gasteiger partial charge is 0.0174 e. The molecule has 0 bridgehead atoms. The molecule has 0 N–H and O–H groups in total. The Morgan fingerprint density at radius 2 is 1.67 bits per heavy atom. The lowest BCUT2D eigenvalue weighted by atomic mass is 10.5. The minimum atomic E-state index is 1.01. The highest BCUT2D eigenvalue weighted by atomic mass is 15.1. The molecule has 0 saturated heterocycles. The molecule has 0 aromatic rings. The Morgan fingerprint density at radius 1 is 1.11 bits per heavy atom. The van der Waals surface area contributed by atoms with Crippen molar-refractivity contribution in [2.24, 2.45) is 0 Å². The van der Waals surface area contributed by atoms with Crippen LogP contribution in [0.2, 0.25) is 0 Å². The van der Waals surface area contributed by atoms with Crippen LogP contribution in [0, 0.1) is 0 Å². The van der Waals surface area contributed by atoms with Crippen LogP contribution in [0.3, 0.4) is 0 Å². The van der Waals surface area contributed by atoms with Gasteiger partial charge in [0.1, 0.15) is 0 Å². The Morgan fingerprint density at radius 3 is 2.00 bits per heavy atom. The molecule has 2 nitrogen and oxygen atoms in total. The zero-order chi connectivity index (χ0) is 7.28. The van der Waals surface area contributed by atoms with Crippen LogP contribution in [0.5, 0.6) is 0 Å². The molecule has 0 aliphatic heterocycles. The molecule has 0 saturated carbocycles. The summed E-state index contributed by atoms with van der Waals surface area (Å²) in [6.45, 7) is 1.01. The second kappa shape index (κ2) is 4.39. The van der Waals surface area contributed by atoms with Gasteiger partial charge in [0.05, 0.1) is 0 Å². The van der Waals surface area contributed by atoms with Crippen molar-refractivity contribution in [3.63, 3.8) is 0 Å². The van der Waals surface area contributed by atoms with Crippen molar-refractivity contribution in [3.05, 3.63) is 12.3 Å². The van der Waals surface area contributed by atoms with Crippen LogP contribution in [-0.2, 0) is 0 Å². The van der Waals surface area contributed by atoms with E-state index in [9.17, 15) is 0 Å². The first-order valence-corrected chi connectivity index (χ1v) is 3.10. The van der Waals surface area contributed by atoms with Crippen LogP contribution < -0.4 is 0 Å². The molecule has 0 aromatic heterocycles. The second-order valence-electron chi connectivity index (χ2n) is 2.61. The largest absolute Gasteiger partial charge is 0.384 e. The minimum absolute atomic E-state index is 1.01. The van der Waals surface area contributed by atoms with Crippen molar-refractivity contribution in [1.82, 2.24) is 9.80 Å². The fourth-order valence-electron chi connectivity index (χ4n) is 0.469. The first kappa shape index (κ1) is 8.50. The van der Waals surface area contributed by atoms with E-state index in [0.717, 1.165) is 6.54 Å². The van der Waals surface area contributed by atoms with E-state index in [1.165, 1.54) is 0 Å². The van der Waals surface area contributed by atoms with E-state index in [2.05, 4.69) is 31.3 Å². The Hall–Kier alpha value is -0.500. The molecular weight excluding hydrogens is 112 g/mol. The Balaban J connectivity index is 3.25. The molecule has 0 atom stereocenters. The zero-order valence-corrected chi connectivity index (χ0v) is 6.76. The first-order valence-electron chi connectivity index (χ1n) is 3.10. The van der Waals surface area contributed by atoms with E-state index < -0.39 is 0 Å². The van der Waals surface area contributed by atoms with Gasteiger partial charge in [-0.05, 0) is 20.3 Å². The van der Waals surface area contributed by atoms with Gasteiger partial charge in [-0.1, -0.05) is 6.08 Å². The van der Waals surface area contributed by atoms with E-state index >= 15 is 0 Å². The van der Waals surface area contributed by atoms with Crippen LogP contribution in [0.25, 0.3) is 0 Å². The summed E-state index contributed by atoms with van der Waals surface area (Å²) < 4.78 is 0. The molecule has 0 radical (unpaired) electrons. The molecule has 0 aliphatic carbocycles. The van der Waals surface area contributed by atoms with E-state index in [4.69, 9.17) is 0 Å². The van der Waals surface area contributed by atoms with E-state index in [0.29, 0.717) is 0 Å². The van der Waals surface area contributed by atoms with Gasteiger partial charge in [0, 0.05) is 20.6 Å². The Labute approximate surface area is 57.8 Å². The van der Waals surface area contributed by atoms with Gasteiger partial charge in [0.2, 0.25) is 0 Å². The van der Waals surface area contributed by atoms with Crippen molar-refractivity contribution >= 4 is 0 Å². The predicted molar refractivity (Wildman–Crippen MR) is 41.4 cm³/mol. The van der Waals surface area contributed by atoms with Crippen molar-refractivity contribution in [2.75, 3.05) is 34.7 Å². The summed E-state index contributed by atoms with van der Waals surface area (Å²) >= 11 is 0. The highest BCUT2D eigenvalue weighted by Crippen LogP contribution is 1.79. The summed E-state index contributed by atoms with van der Waals surface area (Å²) in [6.07, 6.45) is 4.18. The maximum atomic E-state index is 2.12. The highest BCUT2D eigenvalue weighted by molar-refractivity contribution is 4.80. The average molecular weight is 128 g/mol. The summed E-state index contributed by atoms with van der Waals surface area (Å²) in [5, 5.41) is 0. The van der Waals surface area contributed by atoms with Crippen molar-refractivity contribution in [2.45, 2.75) is 0 Å². The van der Waals surface area contributed by atoms with Gasteiger partial charge in [-0.3, -0.25) is 0 Å². The Bertz CT molecular complexity index is 84.9. The predicted octanol–water partition coefficient (Wildman–Crippen LogP) is 0.623. The van der Waals surface area contributed by atoms with Crippen molar-refractivity contribution in [3.8, 4) is 0 Å². The average Bonchev–Trinajstić information content (AvgIpc) is 1.63. The highest BCUT2D eigenvalue weighted by Gasteiger charge is 1.80. The maximum absolute atomic E-state index is 2.12. The van der Waals surface area contributed by atoms with E-state index in [1.54, 1.807) is 0 Å². The van der Waals surface area contributed by atoms with Gasteiger partial charge in [-0.2, -0.15) is 0 Å². The number of likely N-dealkylation sites (N-methyl/N-ethyl adjacent to an activating group) is 1. The normalized spacial score (nSPS) is 11.2. The topological polar surface area (TPSA) is 6.48 Å². The van der Waals surface area contributed by atoms with Gasteiger partial charge < -0.3 is 9.80 Å². The molecule has 0 heterocycles. The summed E-state index contributed by atoms with van der Waals surface area (Å²) in [6, 6.07) is 0. The van der Waals surface area contributed by atoms with Crippen molar-refractivity contribution in [1.29, 1.82) is 0 Å². The third kappa shape index (κ3) is 7.50. The maximum Gasteiger partial charge on any atom is 0.0174 e. The lowest BCUT2D eigenvalue weighted by molar-refractivity contribution is 0.451. The van der Waals surface area contributed by atoms with E-state index in [1.807, 2.05) is 19.0 Å². The van der Waals surface area contributed by atoms with Gasteiger partial charge in [0.25, 0.3) is 0 Å². The summed E-state index contributed by atoms with van der Waals surface area (Å²) in [4.78, 5) is 4.16. The second-order valence-corrected chi connectivity index (χ2v) is 2.61. The van der Waals surface area contributed by atoms with Crippen LogP contribution >= 0.6 is 0 Å². The molecule has 9 heavy (non-hydrogen) atoms. The fourth-order valence-corrected chi connectivity index (χ4v) is 0.469. The molecular formula is C7H16N2. The summed E-state index contributed by atoms with van der Waals surface area (Å²) in [5.74, 6) is 0. The minimum Gasteiger partial charge on any atom is -0.384 e. The molecule has 0 spiro atoms. The van der Waals surface area contributed by atoms with Gasteiger partial charge in [0.15, 0.2) is 0 Å². The Kier molecular flexibility index (Phi) is 4.14. The van der Waals surface area contributed by atoms with Crippen molar-refractivity contribution < 1.29 is 0 Å². The molecule has 0 rings (SSSR count). The standard InChI is InChI=1S/C7H16N2/c1-8(2)6-5-7-9(3)4/h5-6H,7H2,1-4H3/b6-5+. The SMILES string of the molecule is CN(C)/C=C/CN(C)C. The molecule has 0 aromatic carbocycles. The van der Waals surface area contributed by atoms with E-state index in [-0.39, 0.29) is 0 Å². The lowest BCUT2D eigenvalue weighted by Crippen LogP contribution is -2.11. The molecule has 0 amide bonds. The molecule has 54 valence electrons. The van der Waals surface area contributed by atoms with Crippen LogP contribution in [0.15, 0.2) is 12.3 Å². The third-order valence-corrected chi connectivity index (χ3v) is 0.874. The number of hydrogen-bond donors (Lipinski definition) is 0. The fraction of sp³-hybridized carbons (Fsp3) is 0.714. The first-order chi connectivity index (χ1) is 4.13. The van der Waals surface area contributed by atoms with Gasteiger partial charge in [-0.25, -0.2) is 0 Å². The number of hydrogen-bond acceptors (Lipinski definition) is 2. The van der Waals surface area contributed by atoms with Gasteiger partial charge in [-0.15, -0.1) is 0 Å². The number of nitrogens with zero attached hydrogens (tertiary/aromatic N) is 2. The molecule has 0 unspecified atom stereocenters. The quantitative estimate of drug-likeness (QED) is 0.550. The summed E-state index contributed by atoms with van der Waals surface area (Å²) in [5.41, 5.74) is 0. The monoisotopic (exact) mass is 128 g/mol. The lowest BCUT2D eigenvalue weighted by Gasteiger charge is -2.06. The van der Waals surface area contributed by atoms with Crippen LogP contribution in [0.4, 0.5) is 0 Å². The third-order valence-electron chi connectivity index (χ3n) is 0.874. The summed E-state index contributed by atoms with van der Waals surface area (Å²) in [7, 11) is 8.15. The molecule has 0 aliphatic rings. The zero-order valence-electron chi connectivity index (χ0n) is 6.76. The van der Waals surface area contributed by atoms with Crippen LogP contribution in [0.1, 0.15) is 0 Å². The number of rotatable bonds is 3. The van der Waals surface area contributed by atoms with Crippen LogP contribution in [-0.4, -0.2) is 44.5 Å². The molecule has 2 heteroatoms. The molecule has 0 fully saturated rings. The van der Waals surface area contributed by atoms with Gasteiger partial charge >= 0.3 is 0 Å².